The number of fused-ring (bicyclic) bond motifs is 3. The fourth-order valence-corrected chi connectivity index (χ4v) is 2.56. The number of hydrogen-bond donors (Lipinski definition) is 4. The molecule has 0 aliphatic carbocycles. The van der Waals surface area contributed by atoms with Gasteiger partial charge in [-0.25, -0.2) is 0 Å². The number of hydrogen-bond acceptors (Lipinski definition) is 4. The molecule has 2 aliphatic heterocycles. The van der Waals surface area contributed by atoms with Crippen LogP contribution in [0.4, 0.5) is 11.4 Å². The summed E-state index contributed by atoms with van der Waals surface area (Å²) >= 11 is 0. The van der Waals surface area contributed by atoms with Crippen molar-refractivity contribution in [3.05, 3.63) is 93.1 Å². The first kappa shape index (κ1) is 35.4. The third-order valence-corrected chi connectivity index (χ3v) is 3.85. The van der Waals surface area contributed by atoms with Gasteiger partial charge >= 0.3 is 27.3 Å². The molecule has 0 spiro atoms. The Bertz CT molecular complexity index is 907. The minimum Gasteiger partial charge on any atom is -0.665 e. The quantitative estimate of drug-likeness (QED) is 0.258. The third kappa shape index (κ3) is 9.66. The molecule has 2 aliphatic rings. The van der Waals surface area contributed by atoms with Crippen LogP contribution in [0, 0.1) is 0 Å². The molecule has 31 heavy (non-hydrogen) atoms. The molecule has 0 aromatic heterocycles. The molecule has 11 heteroatoms. The molecule has 154 valence electrons. The van der Waals surface area contributed by atoms with Crippen LogP contribution in [0.1, 0.15) is 23.7 Å². The molecule has 0 unspecified atom stereocenters. The Morgan fingerprint density at radius 2 is 1.03 bits per heavy atom. The van der Waals surface area contributed by atoms with Crippen molar-refractivity contribution < 1.29 is 113 Å². The van der Waals surface area contributed by atoms with E-state index in [0.717, 1.165) is 21.8 Å². The van der Waals surface area contributed by atoms with E-state index < -0.39 is 12.6 Å². The minimum absolute atomic E-state index is 0. The number of rotatable bonds is 2. The average Bonchev–Trinajstić information content (AvgIpc) is 2.68. The number of allylic oxidation sites excluding steroid dienone is 2. The number of aliphatic hydroxyl groups excluding tert-OH is 2. The first-order chi connectivity index (χ1) is 12.6. The Morgan fingerprint density at radius 3 is 1.39 bits per heavy atom. The van der Waals surface area contributed by atoms with E-state index in [0.29, 0.717) is 0 Å². The first-order valence-electron chi connectivity index (χ1n) is 7.97. The van der Waals surface area contributed by atoms with Gasteiger partial charge in [0.2, 0.25) is 0 Å². The summed E-state index contributed by atoms with van der Waals surface area (Å²) in [5, 5.41) is 45.9. The molecule has 2 aromatic carbocycles. The standard InChI is InChI=1S/C12H8N2.C8H10O4.3Cd.2H2O/c1-3-9-5-6-10-4-2-8-14-12(10)11(9)13-7-1;9-7(10)5-2-1-3-6(4-5)8(11)12;;;;;/h1-8H;1-4,7-12H;;;;2*1H2/q-2;;;;+2;;. The molecule has 4 rings (SSSR count). The van der Waals surface area contributed by atoms with Crippen LogP contribution in [0.2, 0.25) is 0 Å². The van der Waals surface area contributed by atoms with Crippen LogP contribution < -0.4 is 10.4 Å². The van der Waals surface area contributed by atoms with Crippen molar-refractivity contribution in [2.24, 2.45) is 0 Å². The SMILES string of the molecule is C1=C[N-]c2c3c(ccc2=C1)=CC=C[N-]3.O.O.OC(O)c1cccc(C(O)O)c1.[Cd+2].[Cd].[Cd]. The Morgan fingerprint density at radius 1 is 0.645 bits per heavy atom. The van der Waals surface area contributed by atoms with E-state index in [2.05, 4.69) is 34.9 Å². The van der Waals surface area contributed by atoms with Crippen molar-refractivity contribution >= 4 is 23.5 Å². The van der Waals surface area contributed by atoms with Crippen LogP contribution in [0.3, 0.4) is 0 Å². The van der Waals surface area contributed by atoms with Crippen molar-refractivity contribution in [3.8, 4) is 0 Å². The summed E-state index contributed by atoms with van der Waals surface area (Å²) < 4.78 is 0. The second-order valence-corrected chi connectivity index (χ2v) is 5.63. The molecule has 0 bridgehead atoms. The monoisotopic (exact) mass is 728 g/mol. The van der Waals surface area contributed by atoms with Crippen LogP contribution >= 0.6 is 0 Å². The van der Waals surface area contributed by atoms with E-state index in [-0.39, 0.29) is 104 Å². The van der Waals surface area contributed by atoms with Gasteiger partial charge in [0.25, 0.3) is 0 Å². The van der Waals surface area contributed by atoms with Crippen LogP contribution in [0.5, 0.6) is 0 Å². The predicted octanol–water partition coefficient (Wildman–Crippen LogP) is 0.309. The zero-order valence-corrected chi connectivity index (χ0v) is 29.0. The molecule has 0 amide bonds. The van der Waals surface area contributed by atoms with Gasteiger partial charge in [0.1, 0.15) is 0 Å². The van der Waals surface area contributed by atoms with Gasteiger partial charge in [-0.3, -0.25) is 0 Å². The normalized spacial score (nSPS) is 11.3. The van der Waals surface area contributed by atoms with Gasteiger partial charge in [-0.1, -0.05) is 54.6 Å². The fraction of sp³-hybridized carbons (Fsp3) is 0.100. The van der Waals surface area contributed by atoms with Gasteiger partial charge in [-0.05, 0) is 16.5 Å². The van der Waals surface area contributed by atoms with Gasteiger partial charge < -0.3 is 42.0 Å². The molecule has 8 N–H and O–H groups in total. The summed E-state index contributed by atoms with van der Waals surface area (Å²) in [6.45, 7) is 0. The van der Waals surface area contributed by atoms with Crippen LogP contribution in [-0.2, 0) is 81.9 Å². The molecular weight excluding hydrogens is 701 g/mol. The van der Waals surface area contributed by atoms with Crippen molar-refractivity contribution in [2.45, 2.75) is 12.6 Å². The maximum absolute atomic E-state index is 8.72. The zero-order chi connectivity index (χ0) is 18.5. The summed E-state index contributed by atoms with van der Waals surface area (Å²) in [6.07, 6.45) is 8.43. The summed E-state index contributed by atoms with van der Waals surface area (Å²) in [4.78, 5) is 0. The molecule has 0 saturated carbocycles. The molecule has 0 radical (unpaired) electrons. The predicted molar refractivity (Wildman–Crippen MR) is 107 cm³/mol. The van der Waals surface area contributed by atoms with Crippen molar-refractivity contribution in [1.29, 1.82) is 0 Å². The average molecular weight is 724 g/mol. The summed E-state index contributed by atoms with van der Waals surface area (Å²) in [7, 11) is 0. The number of aliphatic hydroxyl groups is 4. The first-order valence-corrected chi connectivity index (χ1v) is 7.97. The maximum atomic E-state index is 8.72. The van der Waals surface area contributed by atoms with Crippen molar-refractivity contribution in [1.82, 2.24) is 0 Å². The Labute approximate surface area is 240 Å². The minimum atomic E-state index is -1.58. The Hall–Kier alpha value is -0.214. The Balaban J connectivity index is -0.000000440. The van der Waals surface area contributed by atoms with Crippen molar-refractivity contribution in [3.63, 3.8) is 0 Å². The molecule has 2 heterocycles. The molecule has 0 saturated heterocycles. The van der Waals surface area contributed by atoms with E-state index in [1.807, 2.05) is 12.2 Å². The Kier molecular flexibility index (Phi) is 19.7. The van der Waals surface area contributed by atoms with E-state index in [1.165, 1.54) is 24.3 Å². The smallest absolute Gasteiger partial charge is 0.665 e. The van der Waals surface area contributed by atoms with E-state index >= 15 is 0 Å². The number of nitrogens with zero attached hydrogens (tertiary/aromatic N) is 2. The topological polar surface area (TPSA) is 172 Å². The maximum Gasteiger partial charge on any atom is 2.00 e. The van der Waals surface area contributed by atoms with E-state index in [1.54, 1.807) is 12.4 Å². The van der Waals surface area contributed by atoms with Gasteiger partial charge in [0.05, 0.1) is 0 Å². The molecule has 8 nitrogen and oxygen atoms in total. The van der Waals surface area contributed by atoms with E-state index in [4.69, 9.17) is 20.4 Å². The van der Waals surface area contributed by atoms with Crippen LogP contribution in [-0.4, -0.2) is 31.4 Å². The van der Waals surface area contributed by atoms with E-state index in [9.17, 15) is 0 Å². The number of benzene rings is 2. The second kappa shape index (κ2) is 17.3. The zero-order valence-electron chi connectivity index (χ0n) is 16.9. The van der Waals surface area contributed by atoms with Crippen LogP contribution in [0.15, 0.2) is 61.0 Å². The molecule has 0 atom stereocenters. The summed E-state index contributed by atoms with van der Waals surface area (Å²) in [6, 6.07) is 9.95. The van der Waals surface area contributed by atoms with Crippen molar-refractivity contribution in [2.75, 3.05) is 0 Å². The summed E-state index contributed by atoms with van der Waals surface area (Å²) in [5.74, 6) is 0. The van der Waals surface area contributed by atoms with Crippen LogP contribution in [0.25, 0.3) is 22.8 Å². The van der Waals surface area contributed by atoms with Gasteiger partial charge in [-0.15, -0.1) is 11.4 Å². The molecule has 0 fully saturated rings. The third-order valence-electron chi connectivity index (χ3n) is 3.85. The largest absolute Gasteiger partial charge is 2.00 e. The second-order valence-electron chi connectivity index (χ2n) is 5.63. The van der Waals surface area contributed by atoms with Gasteiger partial charge in [-0.2, -0.15) is 12.4 Å². The fourth-order valence-electron chi connectivity index (χ4n) is 2.56. The van der Waals surface area contributed by atoms with Gasteiger partial charge in [0, 0.05) is 65.7 Å². The summed E-state index contributed by atoms with van der Waals surface area (Å²) in [5.41, 5.74) is 2.43. The molecule has 2 aromatic rings. The van der Waals surface area contributed by atoms with Gasteiger partial charge in [0.15, 0.2) is 12.6 Å². The molecular formula is C20H22Cd3N2O6.